The van der Waals surface area contributed by atoms with Crippen LogP contribution >= 0.6 is 50.5 Å². The summed E-state index contributed by atoms with van der Waals surface area (Å²) in [6, 6.07) is 1.85. The molecule has 0 aliphatic carbocycles. The number of halogens is 3. The lowest BCUT2D eigenvalue weighted by Gasteiger charge is -2.10. The van der Waals surface area contributed by atoms with Crippen molar-refractivity contribution in [1.82, 2.24) is 9.78 Å². The lowest BCUT2D eigenvalue weighted by Crippen LogP contribution is -2.08. The number of aliphatic hydroxyl groups excluding tert-OH is 1. The largest absolute Gasteiger partial charge is 0.387 e. The van der Waals surface area contributed by atoms with Crippen LogP contribution in [0.15, 0.2) is 10.5 Å². The van der Waals surface area contributed by atoms with Gasteiger partial charge in [0.05, 0.1) is 22.5 Å². The van der Waals surface area contributed by atoms with Crippen LogP contribution < -0.4 is 0 Å². The Kier molecular flexibility index (Phi) is 5.54. The minimum Gasteiger partial charge on any atom is -0.387 e. The van der Waals surface area contributed by atoms with Crippen molar-refractivity contribution in [3.8, 4) is 0 Å². The van der Waals surface area contributed by atoms with Gasteiger partial charge in [-0.15, -0.1) is 11.3 Å². The van der Waals surface area contributed by atoms with Crippen LogP contribution in [-0.2, 0) is 19.4 Å². The first-order valence-electron chi connectivity index (χ1n) is 6.34. The SMILES string of the molecule is CCc1nn(CC)c(CC(O)c2cc(Br)c(Cl)s2)c1Cl. The zero-order valence-electron chi connectivity index (χ0n) is 11.2. The van der Waals surface area contributed by atoms with Gasteiger partial charge in [-0.05, 0) is 35.3 Å². The molecule has 2 aromatic rings. The summed E-state index contributed by atoms with van der Waals surface area (Å²) in [4.78, 5) is 0.819. The normalized spacial score (nSPS) is 12.9. The molecule has 2 rings (SSSR count). The van der Waals surface area contributed by atoms with Crippen molar-refractivity contribution in [2.75, 3.05) is 0 Å². The van der Waals surface area contributed by atoms with Crippen LogP contribution in [0.1, 0.15) is 36.2 Å². The molecule has 0 radical (unpaired) electrons. The summed E-state index contributed by atoms with van der Waals surface area (Å²) in [5.74, 6) is 0. The number of hydrogen-bond acceptors (Lipinski definition) is 3. The van der Waals surface area contributed by atoms with E-state index in [1.165, 1.54) is 11.3 Å². The molecule has 1 N–H and O–H groups in total. The summed E-state index contributed by atoms with van der Waals surface area (Å²) in [7, 11) is 0. The van der Waals surface area contributed by atoms with E-state index in [4.69, 9.17) is 23.2 Å². The topological polar surface area (TPSA) is 38.0 Å². The average molecular weight is 398 g/mol. The van der Waals surface area contributed by atoms with Crippen LogP contribution in [0.25, 0.3) is 0 Å². The summed E-state index contributed by atoms with van der Waals surface area (Å²) in [6.45, 7) is 4.76. The molecule has 110 valence electrons. The van der Waals surface area contributed by atoms with Gasteiger partial charge in [-0.3, -0.25) is 4.68 Å². The Morgan fingerprint density at radius 2 is 2.15 bits per heavy atom. The van der Waals surface area contributed by atoms with Gasteiger partial charge in [0.2, 0.25) is 0 Å². The number of aromatic nitrogens is 2. The zero-order chi connectivity index (χ0) is 14.9. The third kappa shape index (κ3) is 3.22. The Labute approximate surface area is 140 Å². The number of aryl methyl sites for hydroxylation is 2. The Bertz CT molecular complexity index is 592. The number of nitrogens with zero attached hydrogens (tertiary/aromatic N) is 2. The summed E-state index contributed by atoms with van der Waals surface area (Å²) in [5.41, 5.74) is 1.75. The van der Waals surface area contributed by atoms with Crippen LogP contribution in [0.5, 0.6) is 0 Å². The van der Waals surface area contributed by atoms with Crippen LogP contribution in [0.2, 0.25) is 9.36 Å². The molecule has 0 saturated carbocycles. The molecule has 1 atom stereocenters. The van der Waals surface area contributed by atoms with E-state index in [9.17, 15) is 5.11 Å². The second-order valence-corrected chi connectivity index (χ2v) is 7.29. The van der Waals surface area contributed by atoms with Gasteiger partial charge in [0.1, 0.15) is 4.34 Å². The molecule has 3 nitrogen and oxygen atoms in total. The molecule has 20 heavy (non-hydrogen) atoms. The Balaban J connectivity index is 2.27. The van der Waals surface area contributed by atoms with Gasteiger partial charge in [0.15, 0.2) is 0 Å². The molecule has 0 fully saturated rings. The molecule has 0 aromatic carbocycles. The van der Waals surface area contributed by atoms with Crippen molar-refractivity contribution in [3.63, 3.8) is 0 Å². The Morgan fingerprint density at radius 3 is 2.65 bits per heavy atom. The van der Waals surface area contributed by atoms with E-state index in [0.717, 1.165) is 33.7 Å². The van der Waals surface area contributed by atoms with Crippen molar-refractivity contribution in [2.24, 2.45) is 0 Å². The Hall–Kier alpha value is -0.0700. The smallest absolute Gasteiger partial charge is 0.107 e. The number of aliphatic hydroxyl groups is 1. The highest BCUT2D eigenvalue weighted by Crippen LogP contribution is 2.37. The molecule has 1 unspecified atom stereocenters. The maximum Gasteiger partial charge on any atom is 0.107 e. The minimum absolute atomic E-state index is 0.433. The van der Waals surface area contributed by atoms with E-state index in [2.05, 4.69) is 21.0 Å². The number of thiophene rings is 1. The number of hydrogen-bond donors (Lipinski definition) is 1. The number of rotatable bonds is 5. The molecule has 7 heteroatoms. The van der Waals surface area contributed by atoms with Gasteiger partial charge in [-0.1, -0.05) is 30.1 Å². The Morgan fingerprint density at radius 1 is 1.45 bits per heavy atom. The third-order valence-corrected chi connectivity index (χ3v) is 6.09. The fourth-order valence-electron chi connectivity index (χ4n) is 2.02. The molecule has 0 saturated heterocycles. The standard InChI is InChI=1S/C13H15BrCl2N2OS/c1-3-8-12(15)9(18(4-2)17-8)6-10(19)11-5-7(14)13(16)20-11/h5,10,19H,3-4,6H2,1-2H3. The molecule has 2 heterocycles. The van der Waals surface area contributed by atoms with Gasteiger partial charge in [-0.2, -0.15) is 5.10 Å². The minimum atomic E-state index is -0.631. The lowest BCUT2D eigenvalue weighted by atomic mass is 10.1. The van der Waals surface area contributed by atoms with E-state index in [0.29, 0.717) is 15.8 Å². The van der Waals surface area contributed by atoms with E-state index in [-0.39, 0.29) is 0 Å². The summed E-state index contributed by atoms with van der Waals surface area (Å²) in [5, 5.41) is 15.5. The molecule has 0 amide bonds. The van der Waals surface area contributed by atoms with Gasteiger partial charge in [0.25, 0.3) is 0 Å². The second-order valence-electron chi connectivity index (χ2n) is 4.37. The average Bonchev–Trinajstić information content (AvgIpc) is 2.92. The summed E-state index contributed by atoms with van der Waals surface area (Å²) >= 11 is 17.1. The van der Waals surface area contributed by atoms with Crippen molar-refractivity contribution in [3.05, 3.63) is 36.2 Å². The summed E-state index contributed by atoms with van der Waals surface area (Å²) in [6.07, 6.45) is 0.585. The molecule has 0 aliphatic rings. The van der Waals surface area contributed by atoms with Crippen molar-refractivity contribution < 1.29 is 5.11 Å². The molecule has 0 aliphatic heterocycles. The highest BCUT2D eigenvalue weighted by molar-refractivity contribution is 9.10. The van der Waals surface area contributed by atoms with Gasteiger partial charge in [-0.25, -0.2) is 0 Å². The highest BCUT2D eigenvalue weighted by Gasteiger charge is 2.20. The van der Waals surface area contributed by atoms with Crippen molar-refractivity contribution >= 4 is 50.5 Å². The van der Waals surface area contributed by atoms with E-state index in [1.807, 2.05) is 24.6 Å². The first-order valence-corrected chi connectivity index (χ1v) is 8.71. The predicted molar refractivity (Wildman–Crippen MR) is 88.0 cm³/mol. The van der Waals surface area contributed by atoms with Crippen LogP contribution in [0.4, 0.5) is 0 Å². The zero-order valence-corrected chi connectivity index (χ0v) is 15.1. The fourth-order valence-corrected chi connectivity index (χ4v) is 4.09. The maximum atomic E-state index is 10.4. The van der Waals surface area contributed by atoms with Gasteiger partial charge >= 0.3 is 0 Å². The third-order valence-electron chi connectivity index (χ3n) is 3.07. The highest BCUT2D eigenvalue weighted by atomic mass is 79.9. The quantitative estimate of drug-likeness (QED) is 0.781. The lowest BCUT2D eigenvalue weighted by molar-refractivity contribution is 0.179. The van der Waals surface area contributed by atoms with E-state index < -0.39 is 6.10 Å². The molecule has 2 aromatic heterocycles. The van der Waals surface area contributed by atoms with E-state index >= 15 is 0 Å². The van der Waals surface area contributed by atoms with Gasteiger partial charge < -0.3 is 5.11 Å². The molecular formula is C13H15BrCl2N2OS. The van der Waals surface area contributed by atoms with Gasteiger partial charge in [0, 0.05) is 22.3 Å². The monoisotopic (exact) mass is 396 g/mol. The van der Waals surface area contributed by atoms with E-state index in [1.54, 1.807) is 0 Å². The van der Waals surface area contributed by atoms with Crippen LogP contribution in [0.3, 0.4) is 0 Å². The van der Waals surface area contributed by atoms with Crippen molar-refractivity contribution in [1.29, 1.82) is 0 Å². The fraction of sp³-hybridized carbons (Fsp3) is 0.462. The molecule has 0 bridgehead atoms. The summed E-state index contributed by atoms with van der Waals surface area (Å²) < 4.78 is 3.31. The second kappa shape index (κ2) is 6.79. The predicted octanol–water partition coefficient (Wildman–Crippen LogP) is 4.87. The molecule has 0 spiro atoms. The van der Waals surface area contributed by atoms with Crippen molar-refractivity contribution in [2.45, 2.75) is 39.3 Å². The first-order chi connectivity index (χ1) is 9.47. The molecular weight excluding hydrogens is 383 g/mol. The maximum absolute atomic E-state index is 10.4. The van der Waals surface area contributed by atoms with Crippen LogP contribution in [-0.4, -0.2) is 14.9 Å². The van der Waals surface area contributed by atoms with Crippen LogP contribution in [0, 0.1) is 0 Å². The first kappa shape index (κ1) is 16.3.